The second-order valence-electron chi connectivity index (χ2n) is 11.9. The Morgan fingerprint density at radius 2 is 1.68 bits per heavy atom. The van der Waals surface area contributed by atoms with Crippen molar-refractivity contribution in [3.63, 3.8) is 0 Å². The molecule has 0 bridgehead atoms. The second-order valence-corrected chi connectivity index (χ2v) is 12.3. The van der Waals surface area contributed by atoms with Crippen LogP contribution in [0.25, 0.3) is 33.4 Å². The predicted octanol–water partition coefficient (Wildman–Crippen LogP) is 7.58. The Hall–Kier alpha value is -3.35. The fourth-order valence-corrected chi connectivity index (χ4v) is 6.43. The molecule has 208 valence electrons. The maximum atomic E-state index is 12.5. The molecule has 1 atom stereocenters. The van der Waals surface area contributed by atoms with Gasteiger partial charge < -0.3 is 19.6 Å². The SMILES string of the molecule is CCOC(=O)C(C)(C)C1(O)CCC2(CC1)C[C@@H]2Oc1cc2nc(-c3ccc(-c4ccccc4)cc3)c(Cl)cc2[nH]1. The van der Waals surface area contributed by atoms with Gasteiger partial charge >= 0.3 is 5.97 Å². The maximum Gasteiger partial charge on any atom is 0.314 e. The molecule has 2 heterocycles. The molecular formula is C33H35ClN2O4. The fraction of sp³-hybridized carbons (Fsp3) is 0.394. The van der Waals surface area contributed by atoms with Crippen LogP contribution in [0.1, 0.15) is 52.9 Å². The minimum Gasteiger partial charge on any atom is -0.475 e. The van der Waals surface area contributed by atoms with Crippen molar-refractivity contribution in [2.75, 3.05) is 6.61 Å². The molecule has 1 spiro atoms. The number of ether oxygens (including phenoxy) is 2. The number of rotatable bonds is 7. The Kier molecular flexibility index (Phi) is 6.67. The van der Waals surface area contributed by atoms with Crippen LogP contribution in [0.4, 0.5) is 0 Å². The smallest absolute Gasteiger partial charge is 0.314 e. The molecule has 0 radical (unpaired) electrons. The molecule has 2 aliphatic rings. The van der Waals surface area contributed by atoms with Gasteiger partial charge in [-0.05, 0) is 70.1 Å². The highest BCUT2D eigenvalue weighted by molar-refractivity contribution is 6.33. The number of benzene rings is 2. The molecule has 6 nitrogen and oxygen atoms in total. The van der Waals surface area contributed by atoms with E-state index in [9.17, 15) is 9.90 Å². The lowest BCUT2D eigenvalue weighted by molar-refractivity contribution is -0.177. The normalized spacial score (nSPS) is 24.3. The number of aliphatic hydroxyl groups is 1. The Labute approximate surface area is 239 Å². The van der Waals surface area contributed by atoms with Crippen LogP contribution in [0.15, 0.2) is 66.7 Å². The third-order valence-corrected chi connectivity index (χ3v) is 9.49. The number of H-pyrrole nitrogens is 1. The number of nitrogens with one attached hydrogen (secondary N) is 1. The zero-order valence-electron chi connectivity index (χ0n) is 23.2. The van der Waals surface area contributed by atoms with E-state index in [-0.39, 0.29) is 17.5 Å². The van der Waals surface area contributed by atoms with Crippen LogP contribution in [-0.2, 0) is 9.53 Å². The average molecular weight is 559 g/mol. The van der Waals surface area contributed by atoms with Gasteiger partial charge in [-0.25, -0.2) is 4.98 Å². The Morgan fingerprint density at radius 1 is 1.02 bits per heavy atom. The number of carbonyl (C=O) groups excluding carboxylic acids is 1. The van der Waals surface area contributed by atoms with Crippen molar-refractivity contribution in [1.29, 1.82) is 0 Å². The summed E-state index contributed by atoms with van der Waals surface area (Å²) in [5.41, 5.74) is 3.63. The Balaban J connectivity index is 1.14. The second kappa shape index (κ2) is 9.93. The summed E-state index contributed by atoms with van der Waals surface area (Å²) in [7, 11) is 0. The minimum absolute atomic E-state index is 0.0327. The van der Waals surface area contributed by atoms with Gasteiger partial charge in [0.05, 0.1) is 39.4 Å². The molecule has 0 saturated heterocycles. The molecule has 0 amide bonds. The van der Waals surface area contributed by atoms with E-state index in [0.717, 1.165) is 47.1 Å². The summed E-state index contributed by atoms with van der Waals surface area (Å²) in [6, 6.07) is 22.4. The van der Waals surface area contributed by atoms with Crippen molar-refractivity contribution in [2.24, 2.45) is 10.8 Å². The van der Waals surface area contributed by atoms with Crippen molar-refractivity contribution >= 4 is 28.6 Å². The van der Waals surface area contributed by atoms with Crippen LogP contribution in [0.5, 0.6) is 5.88 Å². The maximum absolute atomic E-state index is 12.5. The van der Waals surface area contributed by atoms with Gasteiger partial charge in [-0.2, -0.15) is 0 Å². The van der Waals surface area contributed by atoms with Crippen LogP contribution in [0.3, 0.4) is 0 Å². The first-order chi connectivity index (χ1) is 19.1. The predicted molar refractivity (Wildman–Crippen MR) is 157 cm³/mol. The first-order valence-corrected chi connectivity index (χ1v) is 14.4. The zero-order chi connectivity index (χ0) is 28.1. The third kappa shape index (κ3) is 4.67. The molecule has 7 heteroatoms. The van der Waals surface area contributed by atoms with Crippen LogP contribution in [-0.4, -0.2) is 39.4 Å². The Bertz CT molecular complexity index is 1540. The Morgan fingerprint density at radius 3 is 2.35 bits per heavy atom. The molecule has 40 heavy (non-hydrogen) atoms. The third-order valence-electron chi connectivity index (χ3n) is 9.20. The van der Waals surface area contributed by atoms with Crippen LogP contribution < -0.4 is 4.74 Å². The van der Waals surface area contributed by atoms with Gasteiger partial charge in [0.15, 0.2) is 5.88 Å². The molecule has 0 aliphatic heterocycles. The molecule has 2 aromatic carbocycles. The summed E-state index contributed by atoms with van der Waals surface area (Å²) in [6.45, 7) is 5.68. The van der Waals surface area contributed by atoms with E-state index in [0.29, 0.717) is 30.4 Å². The van der Waals surface area contributed by atoms with E-state index in [1.807, 2.05) is 42.5 Å². The van der Waals surface area contributed by atoms with Gasteiger partial charge in [-0.15, -0.1) is 0 Å². The number of carbonyl (C=O) groups is 1. The van der Waals surface area contributed by atoms with E-state index in [1.165, 1.54) is 5.56 Å². The molecule has 4 aromatic rings. The number of aromatic nitrogens is 2. The minimum atomic E-state index is -1.07. The first-order valence-electron chi connectivity index (χ1n) is 14.1. The van der Waals surface area contributed by atoms with Crippen LogP contribution in [0, 0.1) is 10.8 Å². The van der Waals surface area contributed by atoms with Crippen molar-refractivity contribution < 1.29 is 19.4 Å². The summed E-state index contributed by atoms with van der Waals surface area (Å²) in [5, 5.41) is 12.0. The summed E-state index contributed by atoms with van der Waals surface area (Å²) >= 11 is 6.66. The molecule has 2 saturated carbocycles. The highest BCUT2D eigenvalue weighted by atomic mass is 35.5. The monoisotopic (exact) mass is 558 g/mol. The fourth-order valence-electron chi connectivity index (χ4n) is 6.17. The largest absolute Gasteiger partial charge is 0.475 e. The number of aromatic amines is 1. The molecule has 6 rings (SSSR count). The van der Waals surface area contributed by atoms with Gasteiger partial charge in [-0.3, -0.25) is 4.79 Å². The first kappa shape index (κ1) is 26.9. The van der Waals surface area contributed by atoms with E-state index < -0.39 is 11.0 Å². The van der Waals surface area contributed by atoms with Crippen molar-refractivity contribution in [3.8, 4) is 28.3 Å². The summed E-state index contributed by atoms with van der Waals surface area (Å²) in [6.07, 6.45) is 3.72. The van der Waals surface area contributed by atoms with Crippen LogP contribution >= 0.6 is 11.6 Å². The topological polar surface area (TPSA) is 84.4 Å². The summed E-state index contributed by atoms with van der Waals surface area (Å²) < 4.78 is 11.6. The number of hydrogen-bond donors (Lipinski definition) is 2. The lowest BCUT2D eigenvalue weighted by Crippen LogP contribution is -2.52. The molecule has 2 N–H and O–H groups in total. The molecule has 2 aliphatic carbocycles. The van der Waals surface area contributed by atoms with Gasteiger partial charge in [0, 0.05) is 17.0 Å². The van der Waals surface area contributed by atoms with Gasteiger partial charge in [0.1, 0.15) is 6.10 Å². The number of nitrogens with zero attached hydrogens (tertiary/aromatic N) is 1. The number of esters is 1. The number of pyridine rings is 1. The van der Waals surface area contributed by atoms with Crippen molar-refractivity contribution in [1.82, 2.24) is 9.97 Å². The van der Waals surface area contributed by atoms with Gasteiger partial charge in [-0.1, -0.05) is 66.2 Å². The summed E-state index contributed by atoms with van der Waals surface area (Å²) in [4.78, 5) is 20.7. The number of fused-ring (bicyclic) bond motifs is 1. The highest BCUT2D eigenvalue weighted by Crippen LogP contribution is 2.61. The van der Waals surface area contributed by atoms with Crippen molar-refractivity contribution in [2.45, 2.75) is 64.6 Å². The number of halogens is 1. The number of hydrogen-bond acceptors (Lipinski definition) is 5. The zero-order valence-corrected chi connectivity index (χ0v) is 23.9. The van der Waals surface area contributed by atoms with Gasteiger partial charge in [0.25, 0.3) is 0 Å². The molecule has 2 aromatic heterocycles. The lowest BCUT2D eigenvalue weighted by atomic mass is 9.64. The van der Waals surface area contributed by atoms with Gasteiger partial charge in [0.2, 0.25) is 0 Å². The van der Waals surface area contributed by atoms with Crippen molar-refractivity contribution in [3.05, 3.63) is 71.8 Å². The van der Waals surface area contributed by atoms with E-state index in [4.69, 9.17) is 26.1 Å². The van der Waals surface area contributed by atoms with E-state index >= 15 is 0 Å². The summed E-state index contributed by atoms with van der Waals surface area (Å²) in [5.74, 6) is 0.331. The molecule has 0 unspecified atom stereocenters. The van der Waals surface area contributed by atoms with E-state index in [1.54, 1.807) is 20.8 Å². The van der Waals surface area contributed by atoms with E-state index in [2.05, 4.69) is 29.2 Å². The lowest BCUT2D eigenvalue weighted by Gasteiger charge is -2.45. The molecular weight excluding hydrogens is 524 g/mol. The quantitative estimate of drug-likeness (QED) is 0.228. The molecule has 2 fully saturated rings. The highest BCUT2D eigenvalue weighted by Gasteiger charge is 2.62. The average Bonchev–Trinajstić information content (AvgIpc) is 3.46. The standard InChI is InChI=1S/C33H35ClN2O4/c1-4-39-30(37)31(2,3)33(38)16-14-32(15-17-33)20-27(32)40-28-19-26-25(35-28)18-24(34)29(36-26)23-12-10-22(11-13-23)21-8-6-5-7-9-21/h5-13,18-19,27,35,38H,4,14-17,20H2,1-3H3/t27-,32?,33?/m0/s1. The van der Waals surface area contributed by atoms with Crippen LogP contribution in [0.2, 0.25) is 5.02 Å².